The second kappa shape index (κ2) is 9.99. The quantitative estimate of drug-likeness (QED) is 0.184. The molecule has 0 aliphatic heterocycles. The highest BCUT2D eigenvalue weighted by molar-refractivity contribution is 9.10. The Balaban J connectivity index is 1.21. The number of para-hydroxylation sites is 2. The molecule has 2 aliphatic carbocycles. The van der Waals surface area contributed by atoms with Crippen LogP contribution in [0.3, 0.4) is 0 Å². The van der Waals surface area contributed by atoms with Gasteiger partial charge in [-0.25, -0.2) is 4.98 Å². The van der Waals surface area contributed by atoms with E-state index in [-0.39, 0.29) is 0 Å². The minimum Gasteiger partial charge on any atom is -0.292 e. The van der Waals surface area contributed by atoms with E-state index in [9.17, 15) is 0 Å². The summed E-state index contributed by atoms with van der Waals surface area (Å²) in [5.74, 6) is 0.942. The van der Waals surface area contributed by atoms with E-state index in [1.165, 1.54) is 55.6 Å². The number of hydrogen-bond donors (Lipinski definition) is 0. The van der Waals surface area contributed by atoms with Crippen LogP contribution in [-0.2, 0) is 5.41 Å². The van der Waals surface area contributed by atoms with Crippen LogP contribution >= 0.6 is 15.9 Å². The maximum Gasteiger partial charge on any atom is 0.145 e. The molecule has 220 valence electrons. The van der Waals surface area contributed by atoms with Gasteiger partial charge in [-0.15, -0.1) is 0 Å². The van der Waals surface area contributed by atoms with Crippen LogP contribution in [0.4, 0.5) is 0 Å². The van der Waals surface area contributed by atoms with Gasteiger partial charge in [0.05, 0.1) is 16.4 Å². The van der Waals surface area contributed by atoms with Gasteiger partial charge in [-0.1, -0.05) is 137 Å². The lowest BCUT2D eigenvalue weighted by Crippen LogP contribution is -2.25. The van der Waals surface area contributed by atoms with E-state index >= 15 is 0 Å². The zero-order valence-electron chi connectivity index (χ0n) is 25.4. The van der Waals surface area contributed by atoms with E-state index in [2.05, 4.69) is 184 Å². The van der Waals surface area contributed by atoms with Gasteiger partial charge in [0.2, 0.25) is 0 Å². The maximum absolute atomic E-state index is 5.09. The lowest BCUT2D eigenvalue weighted by Gasteiger charge is -2.31. The Kier molecular flexibility index (Phi) is 5.67. The van der Waals surface area contributed by atoms with E-state index in [0.29, 0.717) is 0 Å². The Morgan fingerprint density at radius 3 is 1.83 bits per heavy atom. The number of benzene rings is 7. The van der Waals surface area contributed by atoms with Crippen molar-refractivity contribution in [2.75, 3.05) is 0 Å². The Bertz CT molecular complexity index is 2500. The molecule has 0 atom stereocenters. The predicted molar refractivity (Wildman–Crippen MR) is 196 cm³/mol. The molecule has 7 aromatic carbocycles. The molecule has 3 heteroatoms. The van der Waals surface area contributed by atoms with E-state index in [0.717, 1.165) is 32.6 Å². The minimum absolute atomic E-state index is 0.393. The van der Waals surface area contributed by atoms with Crippen molar-refractivity contribution in [1.82, 2.24) is 9.55 Å². The highest BCUT2D eigenvalue weighted by atomic mass is 79.9. The molecule has 0 N–H and O–H groups in total. The number of nitrogens with zero attached hydrogens (tertiary/aromatic N) is 2. The van der Waals surface area contributed by atoms with Crippen LogP contribution in [-0.4, -0.2) is 9.55 Å². The van der Waals surface area contributed by atoms with Crippen molar-refractivity contribution in [1.29, 1.82) is 0 Å². The fraction of sp³-hybridized carbons (Fsp3) is 0.0227. The molecule has 0 saturated heterocycles. The average molecular weight is 664 g/mol. The molecule has 0 unspecified atom stereocenters. The Hall–Kier alpha value is -5.51. The van der Waals surface area contributed by atoms with Crippen LogP contribution < -0.4 is 0 Å². The molecular formula is C44H27BrN2. The predicted octanol–water partition coefficient (Wildman–Crippen LogP) is 11.5. The van der Waals surface area contributed by atoms with Crippen molar-refractivity contribution in [2.24, 2.45) is 0 Å². The second-order valence-electron chi connectivity index (χ2n) is 12.5. The second-order valence-corrected chi connectivity index (χ2v) is 13.4. The van der Waals surface area contributed by atoms with E-state index in [1.54, 1.807) is 0 Å². The molecule has 0 fully saturated rings. The number of imidazole rings is 1. The van der Waals surface area contributed by atoms with Gasteiger partial charge in [0.25, 0.3) is 0 Å². The van der Waals surface area contributed by atoms with Crippen LogP contribution in [0.2, 0.25) is 0 Å². The third kappa shape index (κ3) is 3.69. The highest BCUT2D eigenvalue weighted by Gasteiger charge is 2.51. The number of aromatic nitrogens is 2. The molecule has 0 radical (unpaired) electrons. The maximum atomic E-state index is 5.09. The van der Waals surface area contributed by atoms with Crippen molar-refractivity contribution in [3.05, 3.63) is 191 Å². The standard InChI is InChI=1S/C44H27BrN2/c45-31-22-24-36-35-23-21-30(26-39(35)44(40(36)27-31)37-17-6-4-15-33(37)34-16-5-7-18-38(34)44)29-13-10-14-32(25-29)47-42-20-9-8-19-41(42)46-43(47)28-11-2-1-3-12-28/h1-27H. The SMILES string of the molecule is Brc1ccc2c(c1)C1(c3ccccc3-c3ccccc31)c1cc(-c3cccc(-n4c(-c5ccccc5)nc5ccccc54)c3)ccc1-2. The number of halogens is 1. The molecule has 0 amide bonds. The van der Waals surface area contributed by atoms with Gasteiger partial charge < -0.3 is 0 Å². The van der Waals surface area contributed by atoms with Gasteiger partial charge >= 0.3 is 0 Å². The molecular weight excluding hydrogens is 636 g/mol. The lowest BCUT2D eigenvalue weighted by atomic mass is 9.70. The van der Waals surface area contributed by atoms with Gasteiger partial charge in [0.1, 0.15) is 5.82 Å². The molecule has 1 spiro atoms. The van der Waals surface area contributed by atoms with Crippen LogP contribution in [0.25, 0.3) is 61.5 Å². The van der Waals surface area contributed by atoms with Crippen LogP contribution in [0.5, 0.6) is 0 Å². The van der Waals surface area contributed by atoms with Crippen LogP contribution in [0.1, 0.15) is 22.3 Å². The average Bonchev–Trinajstić information content (AvgIpc) is 3.76. The molecule has 1 heterocycles. The third-order valence-electron chi connectivity index (χ3n) is 10.1. The Morgan fingerprint density at radius 1 is 0.447 bits per heavy atom. The third-order valence-corrected chi connectivity index (χ3v) is 10.6. The van der Waals surface area contributed by atoms with Gasteiger partial charge in [0, 0.05) is 15.7 Å². The summed E-state index contributed by atoms with van der Waals surface area (Å²) in [4.78, 5) is 5.09. The number of rotatable bonds is 3. The molecule has 0 saturated carbocycles. The monoisotopic (exact) mass is 662 g/mol. The van der Waals surface area contributed by atoms with Gasteiger partial charge in [-0.05, 0) is 98.1 Å². The highest BCUT2D eigenvalue weighted by Crippen LogP contribution is 2.63. The molecule has 2 aliphatic rings. The normalized spacial score (nSPS) is 13.4. The first-order chi connectivity index (χ1) is 23.2. The first kappa shape index (κ1) is 26.7. The Morgan fingerprint density at radius 2 is 1.04 bits per heavy atom. The fourth-order valence-corrected chi connectivity index (χ4v) is 8.54. The van der Waals surface area contributed by atoms with Gasteiger partial charge in [-0.3, -0.25) is 4.57 Å². The van der Waals surface area contributed by atoms with Crippen molar-refractivity contribution in [3.8, 4) is 50.5 Å². The summed E-state index contributed by atoms with van der Waals surface area (Å²) in [6.07, 6.45) is 0. The molecule has 8 aromatic rings. The summed E-state index contributed by atoms with van der Waals surface area (Å²) in [6.45, 7) is 0. The summed E-state index contributed by atoms with van der Waals surface area (Å²) in [7, 11) is 0. The van der Waals surface area contributed by atoms with Gasteiger partial charge in [0.15, 0.2) is 0 Å². The smallest absolute Gasteiger partial charge is 0.145 e. The largest absolute Gasteiger partial charge is 0.292 e. The Labute approximate surface area is 281 Å². The zero-order chi connectivity index (χ0) is 31.1. The molecule has 10 rings (SSSR count). The number of fused-ring (bicyclic) bond motifs is 11. The summed E-state index contributed by atoms with van der Waals surface area (Å²) >= 11 is 3.83. The van der Waals surface area contributed by atoms with Crippen molar-refractivity contribution in [3.63, 3.8) is 0 Å². The first-order valence-corrected chi connectivity index (χ1v) is 16.8. The topological polar surface area (TPSA) is 17.8 Å². The molecule has 1 aromatic heterocycles. The van der Waals surface area contributed by atoms with Crippen molar-refractivity contribution in [2.45, 2.75) is 5.41 Å². The summed E-state index contributed by atoms with van der Waals surface area (Å²) in [5, 5.41) is 0. The van der Waals surface area contributed by atoms with Crippen LogP contribution in [0.15, 0.2) is 168 Å². The van der Waals surface area contributed by atoms with E-state index in [4.69, 9.17) is 4.98 Å². The first-order valence-electron chi connectivity index (χ1n) is 16.0. The summed E-state index contributed by atoms with van der Waals surface area (Å²) in [5.41, 5.74) is 16.8. The molecule has 2 nitrogen and oxygen atoms in total. The fourth-order valence-electron chi connectivity index (χ4n) is 8.18. The molecule has 0 bridgehead atoms. The zero-order valence-corrected chi connectivity index (χ0v) is 26.9. The number of hydrogen-bond acceptors (Lipinski definition) is 1. The summed E-state index contributed by atoms with van der Waals surface area (Å²) in [6, 6.07) is 59.6. The van der Waals surface area contributed by atoms with E-state index < -0.39 is 5.41 Å². The van der Waals surface area contributed by atoms with E-state index in [1.807, 2.05) is 0 Å². The van der Waals surface area contributed by atoms with Crippen LogP contribution in [0, 0.1) is 0 Å². The van der Waals surface area contributed by atoms with Gasteiger partial charge in [-0.2, -0.15) is 0 Å². The summed E-state index contributed by atoms with van der Waals surface area (Å²) < 4.78 is 3.39. The lowest BCUT2D eigenvalue weighted by molar-refractivity contribution is 0.793. The van der Waals surface area contributed by atoms with Crippen molar-refractivity contribution < 1.29 is 0 Å². The minimum atomic E-state index is -0.393. The van der Waals surface area contributed by atoms with Crippen molar-refractivity contribution >= 4 is 27.0 Å². The molecule has 47 heavy (non-hydrogen) atoms.